The second kappa shape index (κ2) is 7.01. The molecule has 0 saturated heterocycles. The molecule has 5 rings (SSSR count). The van der Waals surface area contributed by atoms with E-state index in [4.69, 9.17) is 18.9 Å². The molecule has 30 heavy (non-hydrogen) atoms. The Hall–Kier alpha value is -3.62. The Bertz CT molecular complexity index is 1370. The van der Waals surface area contributed by atoms with E-state index in [9.17, 15) is 4.79 Å². The van der Waals surface area contributed by atoms with Crippen LogP contribution in [0.15, 0.2) is 23.0 Å². The zero-order chi connectivity index (χ0) is 20.8. The van der Waals surface area contributed by atoms with Gasteiger partial charge in [0.1, 0.15) is 11.2 Å². The third-order valence-electron chi connectivity index (χ3n) is 5.31. The number of benzene rings is 1. The maximum atomic E-state index is 13.6. The Morgan fingerprint density at radius 1 is 1.07 bits per heavy atom. The Kier molecular flexibility index (Phi) is 4.30. The Morgan fingerprint density at radius 3 is 2.60 bits per heavy atom. The highest BCUT2D eigenvalue weighted by Gasteiger charge is 2.22. The molecule has 0 radical (unpaired) electrons. The summed E-state index contributed by atoms with van der Waals surface area (Å²) in [6.45, 7) is 2.74. The summed E-state index contributed by atoms with van der Waals surface area (Å²) in [5.41, 5.74) is 1.35. The molecule has 154 valence electrons. The van der Waals surface area contributed by atoms with Crippen molar-refractivity contribution in [3.8, 4) is 23.1 Å². The number of ether oxygens (including phenoxy) is 4. The Labute approximate surface area is 171 Å². The Balaban J connectivity index is 1.95. The van der Waals surface area contributed by atoms with Crippen molar-refractivity contribution in [2.45, 2.75) is 26.3 Å². The molecule has 0 aliphatic carbocycles. The van der Waals surface area contributed by atoms with Crippen LogP contribution in [-0.2, 0) is 6.54 Å². The first kappa shape index (κ1) is 18.4. The van der Waals surface area contributed by atoms with Gasteiger partial charge in [0.05, 0.1) is 25.1 Å². The lowest BCUT2D eigenvalue weighted by Crippen LogP contribution is -2.23. The number of hydrogen-bond acceptors (Lipinski definition) is 8. The van der Waals surface area contributed by atoms with Gasteiger partial charge >= 0.3 is 0 Å². The van der Waals surface area contributed by atoms with E-state index in [1.807, 2.05) is 0 Å². The summed E-state index contributed by atoms with van der Waals surface area (Å²) < 4.78 is 23.4. The van der Waals surface area contributed by atoms with E-state index in [-0.39, 0.29) is 12.4 Å². The molecule has 9 heteroatoms. The molecule has 9 nitrogen and oxygen atoms in total. The van der Waals surface area contributed by atoms with Crippen molar-refractivity contribution in [2.24, 2.45) is 0 Å². The first-order valence-corrected chi connectivity index (χ1v) is 9.71. The van der Waals surface area contributed by atoms with Gasteiger partial charge in [-0.25, -0.2) is 0 Å². The van der Waals surface area contributed by atoms with Crippen LogP contribution < -0.4 is 24.5 Å². The molecule has 0 amide bonds. The van der Waals surface area contributed by atoms with Crippen LogP contribution in [0, 0.1) is 0 Å². The molecule has 4 heterocycles. The minimum Gasteiger partial charge on any atom is -0.491 e. The van der Waals surface area contributed by atoms with Crippen molar-refractivity contribution in [3.05, 3.63) is 28.6 Å². The van der Waals surface area contributed by atoms with Crippen LogP contribution in [0.25, 0.3) is 32.8 Å². The zero-order valence-corrected chi connectivity index (χ0v) is 16.9. The molecule has 1 aliphatic heterocycles. The number of rotatable bonds is 5. The van der Waals surface area contributed by atoms with E-state index >= 15 is 0 Å². The largest absolute Gasteiger partial charge is 0.491 e. The first-order valence-electron chi connectivity index (χ1n) is 9.71. The van der Waals surface area contributed by atoms with Gasteiger partial charge in [-0.1, -0.05) is 13.3 Å². The molecule has 0 unspecified atom stereocenters. The van der Waals surface area contributed by atoms with Gasteiger partial charge in [0.15, 0.2) is 17.2 Å². The highest BCUT2D eigenvalue weighted by atomic mass is 16.7. The van der Waals surface area contributed by atoms with E-state index in [0.717, 1.165) is 12.8 Å². The number of hydrogen-bond donors (Lipinski definition) is 0. The van der Waals surface area contributed by atoms with Gasteiger partial charge in [-0.3, -0.25) is 9.36 Å². The molecular weight excluding hydrogens is 388 g/mol. The molecule has 0 atom stereocenters. The minimum atomic E-state index is -0.176. The molecule has 1 aliphatic rings. The predicted molar refractivity (Wildman–Crippen MR) is 111 cm³/mol. The average Bonchev–Trinajstić information content (AvgIpc) is 3.23. The lowest BCUT2D eigenvalue weighted by Gasteiger charge is -2.15. The SMILES string of the molecule is CCCCn1c(=O)c2c3cc4c(cc3nnc2c2cc(OC)c(OC)nc21)OCO4. The number of nitrogens with zero attached hydrogens (tertiary/aromatic N) is 4. The lowest BCUT2D eigenvalue weighted by atomic mass is 10.1. The molecule has 0 spiro atoms. The molecule has 0 N–H and O–H groups in total. The zero-order valence-electron chi connectivity index (χ0n) is 16.9. The molecule has 4 aromatic rings. The minimum absolute atomic E-state index is 0.140. The van der Waals surface area contributed by atoms with Gasteiger partial charge in [-0.15, -0.1) is 10.2 Å². The molecule has 0 saturated carbocycles. The summed E-state index contributed by atoms with van der Waals surface area (Å²) in [7, 11) is 3.06. The smallest absolute Gasteiger partial charge is 0.262 e. The van der Waals surface area contributed by atoms with Gasteiger partial charge in [-0.2, -0.15) is 4.98 Å². The van der Waals surface area contributed by atoms with Gasteiger partial charge < -0.3 is 18.9 Å². The average molecular weight is 408 g/mol. The molecular formula is C21H20N4O5. The van der Waals surface area contributed by atoms with Gasteiger partial charge in [0.25, 0.3) is 11.4 Å². The third kappa shape index (κ3) is 2.62. The third-order valence-corrected chi connectivity index (χ3v) is 5.31. The fourth-order valence-electron chi connectivity index (χ4n) is 3.80. The number of fused-ring (bicyclic) bond motifs is 6. The van der Waals surface area contributed by atoms with Gasteiger partial charge in [0, 0.05) is 23.4 Å². The molecule has 1 aromatic carbocycles. The molecule has 3 aromatic heterocycles. The summed E-state index contributed by atoms with van der Waals surface area (Å²) in [4.78, 5) is 18.2. The van der Waals surface area contributed by atoms with E-state index < -0.39 is 0 Å². The normalized spacial score (nSPS) is 12.8. The summed E-state index contributed by atoms with van der Waals surface area (Å²) >= 11 is 0. The van der Waals surface area contributed by atoms with Crippen LogP contribution in [-0.4, -0.2) is 40.8 Å². The van der Waals surface area contributed by atoms with E-state index in [2.05, 4.69) is 22.1 Å². The van der Waals surface area contributed by atoms with Gasteiger partial charge in [0.2, 0.25) is 6.79 Å². The quantitative estimate of drug-likeness (QED) is 0.465. The van der Waals surface area contributed by atoms with Crippen LogP contribution in [0.4, 0.5) is 0 Å². The number of pyridine rings is 2. The van der Waals surface area contributed by atoms with Crippen molar-refractivity contribution in [1.29, 1.82) is 0 Å². The fourth-order valence-corrected chi connectivity index (χ4v) is 3.80. The number of unbranched alkanes of at least 4 members (excludes halogenated alkanes) is 1. The van der Waals surface area contributed by atoms with E-state index in [1.165, 1.54) is 7.11 Å². The topological polar surface area (TPSA) is 97.6 Å². The standard InChI is InChI=1S/C21H20N4O5/c1-4-5-6-25-19-12(8-16(27-2)20(22-19)28-3)18-17(21(25)26)11-7-14-15(30-10-29-14)9-13(11)23-24-18/h7-9H,4-6,10H2,1-3H3. The molecule has 0 bridgehead atoms. The monoisotopic (exact) mass is 408 g/mol. The summed E-state index contributed by atoms with van der Waals surface area (Å²) in [6, 6.07) is 5.33. The second-order valence-electron chi connectivity index (χ2n) is 7.03. The maximum absolute atomic E-state index is 13.6. The van der Waals surface area contributed by atoms with Crippen LogP contribution in [0.5, 0.6) is 23.1 Å². The highest BCUT2D eigenvalue weighted by molar-refractivity contribution is 6.13. The number of aromatic nitrogens is 4. The van der Waals surface area contributed by atoms with E-state index in [0.29, 0.717) is 62.5 Å². The van der Waals surface area contributed by atoms with Crippen molar-refractivity contribution < 1.29 is 18.9 Å². The van der Waals surface area contributed by atoms with Crippen LogP contribution >= 0.6 is 0 Å². The van der Waals surface area contributed by atoms with Crippen molar-refractivity contribution in [3.63, 3.8) is 0 Å². The fraction of sp³-hybridized carbons (Fsp3) is 0.333. The van der Waals surface area contributed by atoms with E-state index in [1.54, 1.807) is 29.9 Å². The van der Waals surface area contributed by atoms with Crippen molar-refractivity contribution >= 4 is 32.8 Å². The van der Waals surface area contributed by atoms with Crippen LogP contribution in [0.3, 0.4) is 0 Å². The van der Waals surface area contributed by atoms with Gasteiger partial charge in [-0.05, 0) is 18.6 Å². The summed E-state index contributed by atoms with van der Waals surface area (Å²) in [5, 5.41) is 10.5. The summed E-state index contributed by atoms with van der Waals surface area (Å²) in [5.74, 6) is 1.95. The lowest BCUT2D eigenvalue weighted by molar-refractivity contribution is 0.174. The number of aryl methyl sites for hydroxylation is 1. The Morgan fingerprint density at radius 2 is 1.87 bits per heavy atom. The van der Waals surface area contributed by atoms with Crippen molar-refractivity contribution in [2.75, 3.05) is 21.0 Å². The number of methoxy groups -OCH3 is 2. The highest BCUT2D eigenvalue weighted by Crippen LogP contribution is 2.38. The predicted octanol–water partition coefficient (Wildman–Crippen LogP) is 3.04. The second-order valence-corrected chi connectivity index (χ2v) is 7.03. The van der Waals surface area contributed by atoms with Crippen LogP contribution in [0.2, 0.25) is 0 Å². The summed E-state index contributed by atoms with van der Waals surface area (Å²) in [6.07, 6.45) is 1.77. The van der Waals surface area contributed by atoms with Crippen molar-refractivity contribution in [1.82, 2.24) is 19.7 Å². The first-order chi connectivity index (χ1) is 14.7. The van der Waals surface area contributed by atoms with Crippen LogP contribution in [0.1, 0.15) is 19.8 Å². The maximum Gasteiger partial charge on any atom is 0.262 e. The molecule has 0 fully saturated rings.